The minimum Gasteiger partial charge on any atom is -0.464 e. The number of hydrogen-bond acceptors (Lipinski definition) is 3. The van der Waals surface area contributed by atoms with E-state index in [-0.39, 0.29) is 12.5 Å². The number of halogens is 3. The topological polar surface area (TPSA) is 40.5 Å². The van der Waals surface area contributed by atoms with Gasteiger partial charge < -0.3 is 14.0 Å². The molecule has 0 unspecified atom stereocenters. The Morgan fingerprint density at radius 3 is 2.48 bits per heavy atom. The Labute approximate surface area is 150 Å². The number of esters is 1. The molecule has 0 aliphatic rings. The molecule has 0 atom stereocenters. The van der Waals surface area contributed by atoms with Gasteiger partial charge in [-0.1, -0.05) is 19.1 Å². The number of benzene rings is 1. The minimum atomic E-state index is -0.481. The number of aromatic nitrogens is 1. The van der Waals surface area contributed by atoms with E-state index in [0.29, 0.717) is 21.4 Å². The van der Waals surface area contributed by atoms with Crippen LogP contribution in [0.1, 0.15) is 23.8 Å². The molecule has 0 fully saturated rings. The molecule has 0 aliphatic carbocycles. The average molecular weight is 449 g/mol. The Balaban J connectivity index is 2.54. The fraction of sp³-hybridized carbons (Fsp3) is 0.312. The van der Waals surface area contributed by atoms with Gasteiger partial charge in [0, 0.05) is 12.2 Å². The molecule has 7 heteroatoms. The Morgan fingerprint density at radius 2 is 1.91 bits per heavy atom. The predicted molar refractivity (Wildman–Crippen MR) is 92.8 cm³/mol. The molecule has 0 aliphatic heterocycles. The van der Waals surface area contributed by atoms with Crippen molar-refractivity contribution in [1.82, 2.24) is 4.57 Å². The van der Waals surface area contributed by atoms with Crippen LogP contribution in [0, 0.1) is 5.82 Å². The van der Waals surface area contributed by atoms with Gasteiger partial charge in [-0.15, -0.1) is 0 Å². The van der Waals surface area contributed by atoms with Crippen LogP contribution < -0.4 is 0 Å². The highest BCUT2D eigenvalue weighted by atomic mass is 79.9. The molecule has 23 heavy (non-hydrogen) atoms. The van der Waals surface area contributed by atoms with E-state index in [0.717, 1.165) is 17.5 Å². The third kappa shape index (κ3) is 3.84. The first-order valence-electron chi connectivity index (χ1n) is 7.00. The summed E-state index contributed by atoms with van der Waals surface area (Å²) in [7, 11) is 1.32. The molecule has 1 aromatic heterocycles. The van der Waals surface area contributed by atoms with E-state index in [1.54, 1.807) is 16.7 Å². The summed E-state index contributed by atoms with van der Waals surface area (Å²) in [4.78, 5) is 12.1. The van der Waals surface area contributed by atoms with Gasteiger partial charge in [-0.3, -0.25) is 0 Å². The number of nitrogens with zero attached hydrogens (tertiary/aromatic N) is 1. The van der Waals surface area contributed by atoms with Crippen LogP contribution in [-0.2, 0) is 16.2 Å². The Kier molecular flexibility index (Phi) is 6.38. The van der Waals surface area contributed by atoms with Crippen LogP contribution in [0.2, 0.25) is 0 Å². The zero-order valence-corrected chi connectivity index (χ0v) is 15.9. The first-order valence-corrected chi connectivity index (χ1v) is 8.59. The van der Waals surface area contributed by atoms with E-state index in [1.165, 1.54) is 19.2 Å². The van der Waals surface area contributed by atoms with Gasteiger partial charge in [0.15, 0.2) is 0 Å². The molecule has 4 nitrogen and oxygen atoms in total. The van der Waals surface area contributed by atoms with E-state index >= 15 is 0 Å². The van der Waals surface area contributed by atoms with Crippen LogP contribution in [0.4, 0.5) is 4.39 Å². The lowest BCUT2D eigenvalue weighted by Crippen LogP contribution is -2.13. The molecule has 0 spiro atoms. The summed E-state index contributed by atoms with van der Waals surface area (Å²) in [6, 6.07) is 6.05. The zero-order chi connectivity index (χ0) is 17.0. The normalized spacial score (nSPS) is 10.8. The third-order valence-corrected chi connectivity index (χ3v) is 4.82. The molecular formula is C16H16Br2FNO3. The van der Waals surface area contributed by atoms with Gasteiger partial charge in [0.2, 0.25) is 0 Å². The smallest absolute Gasteiger partial charge is 0.355 e. The van der Waals surface area contributed by atoms with E-state index in [4.69, 9.17) is 9.47 Å². The number of hydrogen-bond donors (Lipinski definition) is 0. The van der Waals surface area contributed by atoms with Gasteiger partial charge in [0.05, 0.1) is 16.2 Å². The SMILES string of the molecule is CCCOCn1c(Br)c(-c2ccc(F)cc2)c(Br)c1C(=O)OC. The fourth-order valence-electron chi connectivity index (χ4n) is 2.14. The first-order chi connectivity index (χ1) is 11.0. The number of methoxy groups -OCH3 is 1. The van der Waals surface area contributed by atoms with Crippen LogP contribution in [0.25, 0.3) is 11.1 Å². The van der Waals surface area contributed by atoms with Crippen molar-refractivity contribution in [3.8, 4) is 11.1 Å². The zero-order valence-electron chi connectivity index (χ0n) is 12.7. The largest absolute Gasteiger partial charge is 0.464 e. The Morgan fingerprint density at radius 1 is 1.26 bits per heavy atom. The van der Waals surface area contributed by atoms with Crippen molar-refractivity contribution in [3.05, 3.63) is 44.9 Å². The van der Waals surface area contributed by atoms with Gasteiger partial charge in [-0.2, -0.15) is 0 Å². The maximum atomic E-state index is 13.2. The van der Waals surface area contributed by atoms with E-state index in [2.05, 4.69) is 31.9 Å². The molecule has 0 saturated carbocycles. The van der Waals surface area contributed by atoms with Gasteiger partial charge in [0.1, 0.15) is 18.2 Å². The molecule has 1 heterocycles. The third-order valence-electron chi connectivity index (χ3n) is 3.22. The molecule has 1 aromatic carbocycles. The monoisotopic (exact) mass is 447 g/mol. The van der Waals surface area contributed by atoms with Crippen LogP contribution in [0.5, 0.6) is 0 Å². The van der Waals surface area contributed by atoms with Gasteiger partial charge >= 0.3 is 5.97 Å². The molecule has 0 radical (unpaired) electrons. The number of rotatable bonds is 6. The van der Waals surface area contributed by atoms with Crippen LogP contribution in [0.15, 0.2) is 33.3 Å². The standard InChI is InChI=1S/C16H16Br2FNO3/c1-3-8-23-9-20-14(16(21)22-2)13(17)12(15(20)18)10-4-6-11(19)7-5-10/h4-7H,3,8-9H2,1-2H3. The van der Waals surface area contributed by atoms with Gasteiger partial charge in [-0.05, 0) is 56.0 Å². The lowest BCUT2D eigenvalue weighted by molar-refractivity contribution is 0.0520. The summed E-state index contributed by atoms with van der Waals surface area (Å²) in [5.41, 5.74) is 1.85. The fourth-order valence-corrected chi connectivity index (χ4v) is 3.91. The average Bonchev–Trinajstić information content (AvgIpc) is 2.79. The second kappa shape index (κ2) is 8.08. The summed E-state index contributed by atoms with van der Waals surface area (Å²) in [5.74, 6) is -0.800. The quantitative estimate of drug-likeness (QED) is 0.461. The van der Waals surface area contributed by atoms with Crippen LogP contribution in [0.3, 0.4) is 0 Å². The van der Waals surface area contributed by atoms with Gasteiger partial charge in [-0.25, -0.2) is 9.18 Å². The lowest BCUT2D eigenvalue weighted by atomic mass is 10.1. The summed E-state index contributed by atoms with van der Waals surface area (Å²) in [5, 5.41) is 0. The van der Waals surface area contributed by atoms with Gasteiger partial charge in [0.25, 0.3) is 0 Å². The molecule has 2 rings (SSSR count). The van der Waals surface area contributed by atoms with Crippen molar-refractivity contribution < 1.29 is 18.7 Å². The highest BCUT2D eigenvalue weighted by Gasteiger charge is 2.26. The molecule has 2 aromatic rings. The maximum absolute atomic E-state index is 13.2. The van der Waals surface area contributed by atoms with Crippen molar-refractivity contribution in [1.29, 1.82) is 0 Å². The summed E-state index contributed by atoms with van der Waals surface area (Å²) >= 11 is 6.97. The predicted octanol–water partition coefficient (Wildman–Crippen LogP) is 4.99. The highest BCUT2D eigenvalue weighted by molar-refractivity contribution is 9.11. The maximum Gasteiger partial charge on any atom is 0.355 e. The van der Waals surface area contributed by atoms with E-state index in [1.807, 2.05) is 6.92 Å². The second-order valence-corrected chi connectivity index (χ2v) is 6.34. The van der Waals surface area contributed by atoms with Crippen molar-refractivity contribution >= 4 is 37.8 Å². The second-order valence-electron chi connectivity index (χ2n) is 4.79. The van der Waals surface area contributed by atoms with Crippen molar-refractivity contribution in [2.75, 3.05) is 13.7 Å². The lowest BCUT2D eigenvalue weighted by Gasteiger charge is -2.10. The summed E-state index contributed by atoms with van der Waals surface area (Å²) in [6.07, 6.45) is 0.873. The van der Waals surface area contributed by atoms with Crippen molar-refractivity contribution in [2.45, 2.75) is 20.1 Å². The number of carbonyl (C=O) groups is 1. The molecule has 0 bridgehead atoms. The van der Waals surface area contributed by atoms with E-state index in [9.17, 15) is 9.18 Å². The summed E-state index contributed by atoms with van der Waals surface area (Å²) < 4.78 is 26.5. The molecular weight excluding hydrogens is 433 g/mol. The molecule has 0 amide bonds. The Hall–Kier alpha value is -1.18. The van der Waals surface area contributed by atoms with E-state index < -0.39 is 5.97 Å². The summed E-state index contributed by atoms with van der Waals surface area (Å²) in [6.45, 7) is 2.79. The molecule has 0 N–H and O–H groups in total. The molecule has 0 saturated heterocycles. The first kappa shape index (κ1) is 18.2. The minimum absolute atomic E-state index is 0.207. The van der Waals surface area contributed by atoms with Crippen molar-refractivity contribution in [2.24, 2.45) is 0 Å². The molecule has 124 valence electrons. The Bertz CT molecular complexity index is 698. The number of carbonyl (C=O) groups excluding carboxylic acids is 1. The van der Waals surface area contributed by atoms with Crippen LogP contribution >= 0.6 is 31.9 Å². The van der Waals surface area contributed by atoms with Crippen LogP contribution in [-0.4, -0.2) is 24.3 Å². The highest BCUT2D eigenvalue weighted by Crippen LogP contribution is 2.40. The number of ether oxygens (including phenoxy) is 2. The van der Waals surface area contributed by atoms with Crippen molar-refractivity contribution in [3.63, 3.8) is 0 Å².